The van der Waals surface area contributed by atoms with Crippen molar-refractivity contribution in [3.05, 3.63) is 29.8 Å². The highest BCUT2D eigenvalue weighted by Gasteiger charge is 2.32. The Balaban J connectivity index is 1.70. The number of nitrogens with zero attached hydrogens (tertiary/aromatic N) is 1. The molecule has 2 N–H and O–H groups in total. The van der Waals surface area contributed by atoms with Gasteiger partial charge in [-0.25, -0.2) is 0 Å². The standard InChI is InChI=1S/C18H23N3O4/c1-12-18(24)21(15-5-3-2-4-14(15)17(23)20-12)11-16(22)19-10-13-6-8-25-9-7-13/h2-5,12-13H,6-11H2,1H3,(H,19,22)(H,20,23)/t12-/m1/s1. The molecule has 1 fully saturated rings. The van der Waals surface area contributed by atoms with E-state index in [1.54, 1.807) is 31.2 Å². The van der Waals surface area contributed by atoms with Crippen molar-refractivity contribution in [3.63, 3.8) is 0 Å². The predicted molar refractivity (Wildman–Crippen MR) is 92.3 cm³/mol. The highest BCUT2D eigenvalue weighted by Crippen LogP contribution is 2.24. The largest absolute Gasteiger partial charge is 0.381 e. The van der Waals surface area contributed by atoms with Gasteiger partial charge >= 0.3 is 0 Å². The van der Waals surface area contributed by atoms with Crippen LogP contribution in [0.1, 0.15) is 30.1 Å². The average Bonchev–Trinajstić information content (AvgIpc) is 2.72. The van der Waals surface area contributed by atoms with Crippen molar-refractivity contribution >= 4 is 23.4 Å². The lowest BCUT2D eigenvalue weighted by atomic mass is 10.0. The first-order chi connectivity index (χ1) is 12.1. The second-order valence-electron chi connectivity index (χ2n) is 6.50. The number of fused-ring (bicyclic) bond motifs is 1. The van der Waals surface area contributed by atoms with Crippen LogP contribution in [0.3, 0.4) is 0 Å². The maximum atomic E-state index is 12.6. The Labute approximate surface area is 146 Å². The Kier molecular flexibility index (Phi) is 5.33. The molecule has 0 unspecified atom stereocenters. The molecule has 0 spiro atoms. The van der Waals surface area contributed by atoms with E-state index in [0.717, 1.165) is 26.1 Å². The molecule has 2 heterocycles. The van der Waals surface area contributed by atoms with Gasteiger partial charge in [0.15, 0.2) is 0 Å². The second-order valence-corrected chi connectivity index (χ2v) is 6.50. The van der Waals surface area contributed by atoms with E-state index in [1.807, 2.05) is 0 Å². The van der Waals surface area contributed by atoms with Crippen molar-refractivity contribution < 1.29 is 19.1 Å². The fourth-order valence-corrected chi connectivity index (χ4v) is 3.16. The van der Waals surface area contributed by atoms with E-state index >= 15 is 0 Å². The van der Waals surface area contributed by atoms with Crippen molar-refractivity contribution in [2.45, 2.75) is 25.8 Å². The monoisotopic (exact) mass is 345 g/mol. The summed E-state index contributed by atoms with van der Waals surface area (Å²) >= 11 is 0. The Morgan fingerprint density at radius 3 is 2.76 bits per heavy atom. The molecular weight excluding hydrogens is 322 g/mol. The third-order valence-corrected chi connectivity index (χ3v) is 4.65. The summed E-state index contributed by atoms with van der Waals surface area (Å²) in [6.07, 6.45) is 1.86. The molecule has 1 aromatic rings. The molecule has 3 amide bonds. The number of hydrogen-bond acceptors (Lipinski definition) is 4. The van der Waals surface area contributed by atoms with Crippen LogP contribution in [0.4, 0.5) is 5.69 Å². The minimum atomic E-state index is -0.678. The molecule has 1 saturated heterocycles. The fraction of sp³-hybridized carbons (Fsp3) is 0.500. The zero-order valence-electron chi connectivity index (χ0n) is 14.3. The summed E-state index contributed by atoms with van der Waals surface area (Å²) in [6, 6.07) is 6.16. The van der Waals surface area contributed by atoms with Gasteiger partial charge in [-0.15, -0.1) is 0 Å². The van der Waals surface area contributed by atoms with E-state index in [2.05, 4.69) is 10.6 Å². The summed E-state index contributed by atoms with van der Waals surface area (Å²) < 4.78 is 5.31. The number of ether oxygens (including phenoxy) is 1. The highest BCUT2D eigenvalue weighted by atomic mass is 16.5. The van der Waals surface area contributed by atoms with E-state index < -0.39 is 6.04 Å². The van der Waals surface area contributed by atoms with Crippen LogP contribution >= 0.6 is 0 Å². The Bertz CT molecular complexity index is 670. The molecule has 25 heavy (non-hydrogen) atoms. The van der Waals surface area contributed by atoms with Crippen LogP contribution in [0, 0.1) is 5.92 Å². The number of anilines is 1. The van der Waals surface area contributed by atoms with Crippen molar-refractivity contribution in [2.24, 2.45) is 5.92 Å². The topological polar surface area (TPSA) is 87.7 Å². The number of amides is 3. The summed E-state index contributed by atoms with van der Waals surface area (Å²) in [6.45, 7) is 3.56. The molecule has 7 heteroatoms. The first kappa shape index (κ1) is 17.4. The summed E-state index contributed by atoms with van der Waals surface area (Å²) in [5, 5.41) is 5.56. The minimum absolute atomic E-state index is 0.0988. The molecule has 0 aromatic heterocycles. The molecule has 0 radical (unpaired) electrons. The van der Waals surface area contributed by atoms with E-state index in [4.69, 9.17) is 4.74 Å². The van der Waals surface area contributed by atoms with Gasteiger partial charge in [-0.2, -0.15) is 0 Å². The molecule has 7 nitrogen and oxygen atoms in total. The number of carbonyl (C=O) groups is 3. The number of hydrogen-bond donors (Lipinski definition) is 2. The van der Waals surface area contributed by atoms with Gasteiger partial charge in [0, 0.05) is 19.8 Å². The van der Waals surface area contributed by atoms with Crippen molar-refractivity contribution in [3.8, 4) is 0 Å². The van der Waals surface area contributed by atoms with E-state index in [9.17, 15) is 14.4 Å². The molecule has 3 rings (SSSR count). The van der Waals surface area contributed by atoms with Crippen LogP contribution in [-0.2, 0) is 14.3 Å². The maximum Gasteiger partial charge on any atom is 0.254 e. The van der Waals surface area contributed by atoms with Gasteiger partial charge in [-0.3, -0.25) is 14.4 Å². The third-order valence-electron chi connectivity index (χ3n) is 4.65. The lowest BCUT2D eigenvalue weighted by molar-refractivity contribution is -0.124. The number of para-hydroxylation sites is 1. The fourth-order valence-electron chi connectivity index (χ4n) is 3.16. The smallest absolute Gasteiger partial charge is 0.254 e. The zero-order chi connectivity index (χ0) is 17.8. The summed E-state index contributed by atoms with van der Waals surface area (Å²) in [5.74, 6) is -0.413. The zero-order valence-corrected chi connectivity index (χ0v) is 14.3. The Hall–Kier alpha value is -2.41. The molecule has 0 saturated carbocycles. The van der Waals surface area contributed by atoms with E-state index in [-0.39, 0.29) is 24.3 Å². The van der Waals surface area contributed by atoms with Gasteiger partial charge in [-0.05, 0) is 37.8 Å². The van der Waals surface area contributed by atoms with E-state index in [0.29, 0.717) is 23.7 Å². The molecular formula is C18H23N3O4. The first-order valence-corrected chi connectivity index (χ1v) is 8.62. The summed E-state index contributed by atoms with van der Waals surface area (Å²) in [5.41, 5.74) is 0.869. The SMILES string of the molecule is C[C@H]1NC(=O)c2ccccc2N(CC(=O)NCC2CCOCC2)C1=O. The second kappa shape index (κ2) is 7.65. The van der Waals surface area contributed by atoms with Crippen LogP contribution in [-0.4, -0.2) is 50.1 Å². The van der Waals surface area contributed by atoms with Crippen molar-refractivity contribution in [2.75, 3.05) is 31.2 Å². The van der Waals surface area contributed by atoms with Crippen molar-refractivity contribution in [1.29, 1.82) is 0 Å². The molecule has 1 aromatic carbocycles. The van der Waals surface area contributed by atoms with E-state index in [1.165, 1.54) is 4.90 Å². The summed E-state index contributed by atoms with van der Waals surface area (Å²) in [4.78, 5) is 38.6. The van der Waals surface area contributed by atoms with Crippen LogP contribution in [0.15, 0.2) is 24.3 Å². The molecule has 2 aliphatic heterocycles. The van der Waals surface area contributed by atoms with Gasteiger partial charge < -0.3 is 20.3 Å². The normalized spacial score (nSPS) is 21.3. The van der Waals surface area contributed by atoms with Crippen LogP contribution in [0.25, 0.3) is 0 Å². The number of benzene rings is 1. The minimum Gasteiger partial charge on any atom is -0.381 e. The average molecular weight is 345 g/mol. The quantitative estimate of drug-likeness (QED) is 0.841. The first-order valence-electron chi connectivity index (χ1n) is 8.62. The van der Waals surface area contributed by atoms with Gasteiger partial charge in [0.1, 0.15) is 12.6 Å². The predicted octanol–water partition coefficient (Wildman–Crippen LogP) is 0.694. The lowest BCUT2D eigenvalue weighted by Crippen LogP contribution is -2.48. The highest BCUT2D eigenvalue weighted by molar-refractivity contribution is 6.12. The van der Waals surface area contributed by atoms with Crippen LogP contribution in [0.2, 0.25) is 0 Å². The third kappa shape index (κ3) is 3.99. The van der Waals surface area contributed by atoms with Gasteiger partial charge in [0.2, 0.25) is 11.8 Å². The van der Waals surface area contributed by atoms with Gasteiger partial charge in [-0.1, -0.05) is 12.1 Å². The van der Waals surface area contributed by atoms with Crippen LogP contribution < -0.4 is 15.5 Å². The molecule has 0 bridgehead atoms. The van der Waals surface area contributed by atoms with Gasteiger partial charge in [0.05, 0.1) is 11.3 Å². The maximum absolute atomic E-state index is 12.6. The summed E-state index contributed by atoms with van der Waals surface area (Å²) in [7, 11) is 0. The Morgan fingerprint density at radius 1 is 1.28 bits per heavy atom. The van der Waals surface area contributed by atoms with Crippen LogP contribution in [0.5, 0.6) is 0 Å². The van der Waals surface area contributed by atoms with Crippen molar-refractivity contribution in [1.82, 2.24) is 10.6 Å². The number of rotatable bonds is 4. The molecule has 1 atom stereocenters. The number of carbonyl (C=O) groups excluding carboxylic acids is 3. The molecule has 134 valence electrons. The lowest BCUT2D eigenvalue weighted by Gasteiger charge is -2.25. The van der Waals surface area contributed by atoms with Gasteiger partial charge in [0.25, 0.3) is 5.91 Å². The number of nitrogens with one attached hydrogen (secondary N) is 2. The molecule has 2 aliphatic rings. The Morgan fingerprint density at radius 2 is 2.00 bits per heavy atom. The molecule has 0 aliphatic carbocycles.